The lowest BCUT2D eigenvalue weighted by Crippen LogP contribution is -2.47. The van der Waals surface area contributed by atoms with E-state index in [-0.39, 0.29) is 18.0 Å². The maximum atomic E-state index is 12.4. The normalized spacial score (nSPS) is 19.7. The van der Waals surface area contributed by atoms with Gasteiger partial charge in [0.1, 0.15) is 5.01 Å². The monoisotopic (exact) mass is 365 g/mol. The predicted octanol–water partition coefficient (Wildman–Crippen LogP) is 3.06. The van der Waals surface area contributed by atoms with Crippen molar-refractivity contribution in [3.8, 4) is 0 Å². The van der Waals surface area contributed by atoms with Crippen molar-refractivity contribution >= 4 is 28.4 Å². The molecule has 1 aliphatic carbocycles. The van der Waals surface area contributed by atoms with Gasteiger partial charge in [-0.25, -0.2) is 4.79 Å². The van der Waals surface area contributed by atoms with E-state index in [2.05, 4.69) is 15.5 Å². The van der Waals surface area contributed by atoms with E-state index < -0.39 is 0 Å². The number of carbonyl (C=O) groups excluding carboxylic acids is 2. The first-order valence-electron chi connectivity index (χ1n) is 9.17. The molecule has 0 unspecified atom stereocenters. The third-order valence-electron chi connectivity index (χ3n) is 5.41. The zero-order valence-electron chi connectivity index (χ0n) is 15.0. The van der Waals surface area contributed by atoms with Crippen LogP contribution in [0.2, 0.25) is 0 Å². The molecule has 0 atom stereocenters. The number of hydrogen-bond acceptors (Lipinski definition) is 5. The van der Waals surface area contributed by atoms with Gasteiger partial charge < -0.3 is 9.80 Å². The lowest BCUT2D eigenvalue weighted by atomic mass is 9.90. The van der Waals surface area contributed by atoms with Gasteiger partial charge in [-0.1, -0.05) is 30.6 Å². The van der Waals surface area contributed by atoms with E-state index in [1.54, 1.807) is 16.7 Å². The summed E-state index contributed by atoms with van der Waals surface area (Å²) >= 11 is 1.51. The maximum absolute atomic E-state index is 12.4. The van der Waals surface area contributed by atoms with Crippen LogP contribution in [0.3, 0.4) is 0 Å². The van der Waals surface area contributed by atoms with Gasteiger partial charge in [0.15, 0.2) is 0 Å². The number of rotatable bonds is 3. The maximum Gasteiger partial charge on any atom is 0.323 e. The molecular weight excluding hydrogens is 338 g/mol. The summed E-state index contributed by atoms with van der Waals surface area (Å²) in [5, 5.41) is 13.0. The Morgan fingerprint density at radius 3 is 2.44 bits per heavy atom. The van der Waals surface area contributed by atoms with Crippen molar-refractivity contribution in [2.75, 3.05) is 25.5 Å². The van der Waals surface area contributed by atoms with E-state index >= 15 is 0 Å². The van der Waals surface area contributed by atoms with E-state index in [4.69, 9.17) is 0 Å². The zero-order valence-corrected chi connectivity index (χ0v) is 15.8. The second kappa shape index (κ2) is 8.12. The van der Waals surface area contributed by atoms with Gasteiger partial charge in [-0.3, -0.25) is 10.1 Å². The molecule has 1 saturated carbocycles. The fourth-order valence-corrected chi connectivity index (χ4v) is 4.59. The van der Waals surface area contributed by atoms with Crippen molar-refractivity contribution in [3.63, 3.8) is 0 Å². The number of nitrogens with zero attached hydrogens (tertiary/aromatic N) is 4. The van der Waals surface area contributed by atoms with Crippen LogP contribution in [0, 0.1) is 0 Å². The zero-order chi connectivity index (χ0) is 17.8. The number of urea groups is 1. The Morgan fingerprint density at radius 1 is 1.12 bits per heavy atom. The average Bonchev–Trinajstić information content (AvgIpc) is 3.10. The number of piperidine rings is 1. The van der Waals surface area contributed by atoms with Crippen LogP contribution in [0.1, 0.15) is 62.8 Å². The van der Waals surface area contributed by atoms with Gasteiger partial charge in [-0.05, 0) is 25.7 Å². The van der Waals surface area contributed by atoms with Crippen LogP contribution in [-0.2, 0) is 4.79 Å². The summed E-state index contributed by atoms with van der Waals surface area (Å²) in [7, 11) is 1.83. The molecule has 0 radical (unpaired) electrons. The predicted molar refractivity (Wildman–Crippen MR) is 97.8 cm³/mol. The SMILES string of the molecule is CC(=O)N(C)C1CCN(C(=O)Nc2nnc(C3CCCCC3)s2)CC1. The second-order valence-electron chi connectivity index (χ2n) is 7.06. The van der Waals surface area contributed by atoms with Crippen LogP contribution in [0.15, 0.2) is 0 Å². The number of likely N-dealkylation sites (tertiary alicyclic amines) is 1. The summed E-state index contributed by atoms with van der Waals surface area (Å²) in [6, 6.07) is 0.108. The number of anilines is 1. The van der Waals surface area contributed by atoms with E-state index in [1.165, 1.54) is 43.4 Å². The first kappa shape index (κ1) is 18.1. The molecule has 0 bridgehead atoms. The minimum Gasteiger partial charge on any atom is -0.343 e. The van der Waals surface area contributed by atoms with Crippen LogP contribution >= 0.6 is 11.3 Å². The van der Waals surface area contributed by atoms with Gasteiger partial charge in [0, 0.05) is 39.0 Å². The quantitative estimate of drug-likeness (QED) is 0.893. The highest BCUT2D eigenvalue weighted by Crippen LogP contribution is 2.35. The molecule has 3 rings (SSSR count). The third-order valence-corrected chi connectivity index (χ3v) is 6.41. The molecule has 1 saturated heterocycles. The molecule has 3 amide bonds. The largest absolute Gasteiger partial charge is 0.343 e. The van der Waals surface area contributed by atoms with Crippen molar-refractivity contribution < 1.29 is 9.59 Å². The van der Waals surface area contributed by atoms with Gasteiger partial charge in [0.05, 0.1) is 0 Å². The highest BCUT2D eigenvalue weighted by Gasteiger charge is 2.27. The van der Waals surface area contributed by atoms with Crippen LogP contribution in [0.5, 0.6) is 0 Å². The van der Waals surface area contributed by atoms with E-state index in [9.17, 15) is 9.59 Å². The first-order valence-corrected chi connectivity index (χ1v) is 9.99. The Hall–Kier alpha value is -1.70. The van der Waals surface area contributed by atoms with Crippen molar-refractivity contribution in [2.24, 2.45) is 0 Å². The fraction of sp³-hybridized carbons (Fsp3) is 0.765. The molecule has 138 valence electrons. The van der Waals surface area contributed by atoms with Crippen molar-refractivity contribution in [3.05, 3.63) is 5.01 Å². The molecule has 1 aromatic rings. The first-order chi connectivity index (χ1) is 12.0. The smallest absolute Gasteiger partial charge is 0.323 e. The molecule has 25 heavy (non-hydrogen) atoms. The van der Waals surface area contributed by atoms with Gasteiger partial charge in [0.25, 0.3) is 0 Å². The molecule has 1 aliphatic heterocycles. The van der Waals surface area contributed by atoms with E-state index in [0.717, 1.165) is 17.8 Å². The Balaban J connectivity index is 1.50. The van der Waals surface area contributed by atoms with Crippen molar-refractivity contribution in [1.29, 1.82) is 0 Å². The standard InChI is InChI=1S/C17H27N5O2S/c1-12(23)21(2)14-8-10-22(11-9-14)17(24)18-16-20-19-15(25-16)13-6-4-3-5-7-13/h13-14H,3-11H2,1-2H3,(H,18,20,24). The Morgan fingerprint density at radius 2 is 1.80 bits per heavy atom. The molecule has 2 aliphatic rings. The molecule has 0 spiro atoms. The number of aromatic nitrogens is 2. The molecule has 2 fully saturated rings. The fourth-order valence-electron chi connectivity index (χ4n) is 3.68. The summed E-state index contributed by atoms with van der Waals surface area (Å²) < 4.78 is 0. The molecule has 8 heteroatoms. The van der Waals surface area contributed by atoms with Gasteiger partial charge in [0.2, 0.25) is 11.0 Å². The molecule has 7 nitrogen and oxygen atoms in total. The summed E-state index contributed by atoms with van der Waals surface area (Å²) in [6.45, 7) is 2.89. The minimum atomic E-state index is -0.115. The van der Waals surface area contributed by atoms with Crippen LogP contribution < -0.4 is 5.32 Å². The summed E-state index contributed by atoms with van der Waals surface area (Å²) in [5.41, 5.74) is 0. The lowest BCUT2D eigenvalue weighted by Gasteiger charge is -2.36. The topological polar surface area (TPSA) is 78.4 Å². The molecule has 2 heterocycles. The molecule has 1 aromatic heterocycles. The lowest BCUT2D eigenvalue weighted by molar-refractivity contribution is -0.130. The van der Waals surface area contributed by atoms with Crippen molar-refractivity contribution in [1.82, 2.24) is 20.0 Å². The number of carbonyl (C=O) groups is 2. The van der Waals surface area contributed by atoms with Crippen LogP contribution in [0.25, 0.3) is 0 Å². The Kier molecular flexibility index (Phi) is 5.88. The molecule has 1 N–H and O–H groups in total. The third kappa shape index (κ3) is 4.48. The highest BCUT2D eigenvalue weighted by molar-refractivity contribution is 7.15. The number of amides is 3. The van der Waals surface area contributed by atoms with Crippen molar-refractivity contribution in [2.45, 2.75) is 63.8 Å². The van der Waals surface area contributed by atoms with Crippen LogP contribution in [-0.4, -0.2) is 58.1 Å². The number of nitrogens with one attached hydrogen (secondary N) is 1. The molecular formula is C17H27N5O2S. The Labute approximate surface area is 152 Å². The summed E-state index contributed by atoms with van der Waals surface area (Å²) in [6.07, 6.45) is 7.82. The van der Waals surface area contributed by atoms with E-state index in [1.807, 2.05) is 7.05 Å². The van der Waals surface area contributed by atoms with Gasteiger partial charge in [-0.15, -0.1) is 10.2 Å². The van der Waals surface area contributed by atoms with Gasteiger partial charge in [-0.2, -0.15) is 0 Å². The Bertz CT molecular complexity index is 606. The molecule has 0 aromatic carbocycles. The second-order valence-corrected chi connectivity index (χ2v) is 8.07. The summed E-state index contributed by atoms with van der Waals surface area (Å²) in [4.78, 5) is 27.5. The van der Waals surface area contributed by atoms with Gasteiger partial charge >= 0.3 is 6.03 Å². The number of hydrogen-bond donors (Lipinski definition) is 1. The average molecular weight is 366 g/mol. The highest BCUT2D eigenvalue weighted by atomic mass is 32.1. The summed E-state index contributed by atoms with van der Waals surface area (Å²) in [5.74, 6) is 0.585. The van der Waals surface area contributed by atoms with Crippen LogP contribution in [0.4, 0.5) is 9.93 Å². The van der Waals surface area contributed by atoms with E-state index in [0.29, 0.717) is 24.1 Å². The minimum absolute atomic E-state index is 0.0759.